The summed E-state index contributed by atoms with van der Waals surface area (Å²) in [5, 5.41) is 2.40. The van der Waals surface area contributed by atoms with Gasteiger partial charge in [-0.05, 0) is 26.0 Å². The van der Waals surface area contributed by atoms with Gasteiger partial charge in [0.15, 0.2) is 5.82 Å². The molecule has 0 radical (unpaired) electrons. The number of benzene rings is 1. The molecule has 1 atom stereocenters. The van der Waals surface area contributed by atoms with Crippen molar-refractivity contribution in [1.82, 2.24) is 14.3 Å². The fourth-order valence-electron chi connectivity index (χ4n) is 2.29. The summed E-state index contributed by atoms with van der Waals surface area (Å²) in [4.78, 5) is 23.7. The van der Waals surface area contributed by atoms with E-state index in [0.29, 0.717) is 4.68 Å². The van der Waals surface area contributed by atoms with E-state index in [2.05, 4.69) is 5.10 Å². The second-order valence-electron chi connectivity index (χ2n) is 5.17. The van der Waals surface area contributed by atoms with Crippen LogP contribution < -0.4 is 5.69 Å². The Morgan fingerprint density at radius 2 is 2.04 bits per heavy atom. The lowest BCUT2D eigenvalue weighted by atomic mass is 10.1. The first kappa shape index (κ1) is 20.3. The summed E-state index contributed by atoms with van der Waals surface area (Å²) < 4.78 is 46.1. The Bertz CT molecular complexity index is 883. The fraction of sp³-hybridized carbons (Fsp3) is 0.400. The monoisotopic (exact) mass is 411 g/mol. The van der Waals surface area contributed by atoms with E-state index in [-0.39, 0.29) is 39.7 Å². The van der Waals surface area contributed by atoms with Gasteiger partial charge >= 0.3 is 18.2 Å². The molecule has 1 aromatic carbocycles. The molecule has 1 unspecified atom stereocenters. The Morgan fingerprint density at radius 1 is 1.38 bits per heavy atom. The first-order valence-corrected chi connectivity index (χ1v) is 8.24. The zero-order chi connectivity index (χ0) is 19.6. The highest BCUT2D eigenvalue weighted by atomic mass is 35.5. The molecule has 26 heavy (non-hydrogen) atoms. The third-order valence-corrected chi connectivity index (χ3v) is 4.18. The summed E-state index contributed by atoms with van der Waals surface area (Å²) in [5.74, 6) is -2.04. The Kier molecular flexibility index (Phi) is 6.35. The van der Waals surface area contributed by atoms with Crippen molar-refractivity contribution >= 4 is 29.2 Å². The molecule has 0 aliphatic rings. The van der Waals surface area contributed by atoms with Gasteiger partial charge in [0.2, 0.25) is 0 Å². The first-order valence-electron chi connectivity index (χ1n) is 7.43. The highest BCUT2D eigenvalue weighted by molar-refractivity contribution is 6.32. The number of halogens is 5. The summed E-state index contributed by atoms with van der Waals surface area (Å²) in [6.45, 7) is -0.252. The van der Waals surface area contributed by atoms with Crippen LogP contribution in [0.4, 0.5) is 13.2 Å². The zero-order valence-electron chi connectivity index (χ0n) is 13.7. The third-order valence-electron chi connectivity index (χ3n) is 3.50. The average molecular weight is 412 g/mol. The molecule has 0 bridgehead atoms. The molecule has 0 saturated heterocycles. The van der Waals surface area contributed by atoms with Crippen LogP contribution in [0, 0.1) is 12.7 Å². The Labute approximate surface area is 156 Å². The summed E-state index contributed by atoms with van der Waals surface area (Å²) in [5.41, 5.74) is -1.75. The van der Waals surface area contributed by atoms with Crippen molar-refractivity contribution in [1.29, 1.82) is 0 Å². The number of esters is 1. The highest BCUT2D eigenvalue weighted by Crippen LogP contribution is 2.27. The fourth-order valence-corrected chi connectivity index (χ4v) is 2.73. The van der Waals surface area contributed by atoms with Gasteiger partial charge in [0.25, 0.3) is 0 Å². The highest BCUT2D eigenvalue weighted by Gasteiger charge is 2.25. The molecule has 0 amide bonds. The van der Waals surface area contributed by atoms with E-state index in [0.717, 1.165) is 6.07 Å². The number of nitrogens with zero attached hydrogens (tertiary/aromatic N) is 3. The van der Waals surface area contributed by atoms with Gasteiger partial charge in [-0.15, -0.1) is 16.7 Å². The molecule has 11 heteroatoms. The lowest BCUT2D eigenvalue weighted by molar-refractivity contribution is -0.142. The molecular formula is C15H14Cl2F3N3O3. The lowest BCUT2D eigenvalue weighted by Gasteiger charge is -2.13. The number of hydrogen-bond acceptors (Lipinski definition) is 4. The first-order chi connectivity index (χ1) is 12.2. The number of aryl methyl sites for hydroxylation is 1. The molecule has 0 aliphatic heterocycles. The number of aromatic nitrogens is 3. The topological polar surface area (TPSA) is 66.1 Å². The van der Waals surface area contributed by atoms with Crippen LogP contribution in [0.2, 0.25) is 5.02 Å². The standard InChI is InChI=1S/C15H14Cl2F3N3O3/c1-3-26-13(24)10(17)6-8-9(16)4-5-11(12(8)18)23-15(25)22(14(19)20)7(2)21-23/h4-5,10,14H,3,6H2,1-2H3. The minimum absolute atomic E-state index is 0.0424. The predicted molar refractivity (Wildman–Crippen MR) is 88.8 cm³/mol. The zero-order valence-corrected chi connectivity index (χ0v) is 15.2. The molecule has 6 nitrogen and oxygen atoms in total. The van der Waals surface area contributed by atoms with E-state index in [1.165, 1.54) is 13.0 Å². The maximum atomic E-state index is 14.9. The molecule has 0 saturated carbocycles. The summed E-state index contributed by atoms with van der Waals surface area (Å²) in [6.07, 6.45) is -0.317. The molecule has 2 aromatic rings. The van der Waals surface area contributed by atoms with Crippen LogP contribution >= 0.6 is 23.2 Å². The summed E-state index contributed by atoms with van der Waals surface area (Å²) in [6, 6.07) is 2.38. The maximum absolute atomic E-state index is 14.9. The van der Waals surface area contributed by atoms with Gasteiger partial charge in [0.05, 0.1) is 6.61 Å². The maximum Gasteiger partial charge on any atom is 0.355 e. The smallest absolute Gasteiger partial charge is 0.355 e. The number of rotatable bonds is 6. The van der Waals surface area contributed by atoms with Gasteiger partial charge in [-0.25, -0.2) is 13.8 Å². The second-order valence-corrected chi connectivity index (χ2v) is 6.11. The van der Waals surface area contributed by atoms with Crippen LogP contribution in [0.3, 0.4) is 0 Å². The van der Waals surface area contributed by atoms with Gasteiger partial charge in [-0.3, -0.25) is 4.79 Å². The summed E-state index contributed by atoms with van der Waals surface area (Å²) >= 11 is 11.9. The van der Waals surface area contributed by atoms with E-state index < -0.39 is 29.4 Å². The molecule has 1 heterocycles. The van der Waals surface area contributed by atoms with E-state index in [9.17, 15) is 22.8 Å². The van der Waals surface area contributed by atoms with Gasteiger partial charge in [0, 0.05) is 17.0 Å². The van der Waals surface area contributed by atoms with Crippen molar-refractivity contribution in [3.63, 3.8) is 0 Å². The van der Waals surface area contributed by atoms with Crippen molar-refractivity contribution in [2.45, 2.75) is 32.2 Å². The summed E-state index contributed by atoms with van der Waals surface area (Å²) in [7, 11) is 0. The number of carbonyl (C=O) groups excluding carboxylic acids is 1. The van der Waals surface area contributed by atoms with E-state index >= 15 is 0 Å². The number of carbonyl (C=O) groups is 1. The van der Waals surface area contributed by atoms with Gasteiger partial charge in [0.1, 0.15) is 16.9 Å². The van der Waals surface area contributed by atoms with Gasteiger partial charge < -0.3 is 4.74 Å². The van der Waals surface area contributed by atoms with Crippen LogP contribution in [0.15, 0.2) is 16.9 Å². The van der Waals surface area contributed by atoms with Crippen LogP contribution in [-0.4, -0.2) is 32.3 Å². The quantitative estimate of drug-likeness (QED) is 0.540. The molecule has 0 fully saturated rings. The van der Waals surface area contributed by atoms with Gasteiger partial charge in [-0.2, -0.15) is 13.5 Å². The molecule has 1 aromatic heterocycles. The average Bonchev–Trinajstić information content (AvgIpc) is 2.86. The Balaban J connectivity index is 2.50. The van der Waals surface area contributed by atoms with E-state index in [1.807, 2.05) is 0 Å². The third kappa shape index (κ3) is 3.88. The predicted octanol–water partition coefficient (Wildman–Crippen LogP) is 3.24. The van der Waals surface area contributed by atoms with Crippen LogP contribution in [0.5, 0.6) is 0 Å². The van der Waals surface area contributed by atoms with Crippen molar-refractivity contribution in [3.05, 3.63) is 44.8 Å². The van der Waals surface area contributed by atoms with Crippen LogP contribution in [0.25, 0.3) is 5.69 Å². The number of hydrogen-bond donors (Lipinski definition) is 0. The Morgan fingerprint density at radius 3 is 2.58 bits per heavy atom. The number of ether oxygens (including phenoxy) is 1. The van der Waals surface area contributed by atoms with E-state index in [4.69, 9.17) is 27.9 Å². The largest absolute Gasteiger partial charge is 0.465 e. The minimum Gasteiger partial charge on any atom is -0.465 e. The van der Waals surface area contributed by atoms with Crippen molar-refractivity contribution in [3.8, 4) is 5.69 Å². The van der Waals surface area contributed by atoms with E-state index in [1.54, 1.807) is 6.92 Å². The van der Waals surface area contributed by atoms with Gasteiger partial charge in [-0.1, -0.05) is 11.6 Å². The normalized spacial score (nSPS) is 12.5. The molecule has 0 spiro atoms. The molecule has 0 N–H and O–H groups in total. The SMILES string of the molecule is CCOC(=O)C(Cl)Cc1c(Cl)ccc(-n2nc(C)n(C(F)F)c2=O)c1F. The van der Waals surface area contributed by atoms with Crippen LogP contribution in [-0.2, 0) is 16.0 Å². The molecule has 0 aliphatic carbocycles. The van der Waals surface area contributed by atoms with Crippen molar-refractivity contribution in [2.24, 2.45) is 0 Å². The molecular weight excluding hydrogens is 398 g/mol. The lowest BCUT2D eigenvalue weighted by Crippen LogP contribution is -2.26. The number of alkyl halides is 3. The molecule has 142 valence electrons. The second kappa shape index (κ2) is 8.13. The molecule has 2 rings (SSSR count). The van der Waals surface area contributed by atoms with Crippen molar-refractivity contribution < 1.29 is 22.7 Å². The van der Waals surface area contributed by atoms with Crippen LogP contribution in [0.1, 0.15) is 24.9 Å². The Hall–Kier alpha value is -2.00. The minimum atomic E-state index is -3.12. The van der Waals surface area contributed by atoms with Crippen molar-refractivity contribution in [2.75, 3.05) is 6.61 Å².